The largest absolute Gasteiger partial charge is 0.383 e. The maximum Gasteiger partial charge on any atom is 0.222 e. The lowest BCUT2D eigenvalue weighted by Crippen LogP contribution is -2.57. The van der Waals surface area contributed by atoms with Crippen molar-refractivity contribution < 1.29 is 9.53 Å². The number of amides is 1. The minimum absolute atomic E-state index is 0.0287. The van der Waals surface area contributed by atoms with Crippen LogP contribution in [0.25, 0.3) is 0 Å². The quantitative estimate of drug-likeness (QED) is 0.800. The third-order valence-electron chi connectivity index (χ3n) is 4.36. The number of hydrogen-bond donors (Lipinski definition) is 0. The highest BCUT2D eigenvalue weighted by atomic mass is 16.5. The van der Waals surface area contributed by atoms with Crippen LogP contribution >= 0.6 is 0 Å². The van der Waals surface area contributed by atoms with E-state index in [4.69, 9.17) is 4.74 Å². The van der Waals surface area contributed by atoms with Crippen molar-refractivity contribution in [1.29, 1.82) is 0 Å². The van der Waals surface area contributed by atoms with Crippen molar-refractivity contribution >= 4 is 5.91 Å². The van der Waals surface area contributed by atoms with Gasteiger partial charge in [0, 0.05) is 57.6 Å². The summed E-state index contributed by atoms with van der Waals surface area (Å²) in [7, 11) is 1.74. The zero-order valence-electron chi connectivity index (χ0n) is 13.9. The van der Waals surface area contributed by atoms with Crippen LogP contribution in [-0.2, 0) is 16.0 Å². The predicted octanol–water partition coefficient (Wildman–Crippen LogP) is 1.58. The predicted molar refractivity (Wildman–Crippen MR) is 86.7 cm³/mol. The second-order valence-electron chi connectivity index (χ2n) is 6.47. The first kappa shape index (κ1) is 16.9. The van der Waals surface area contributed by atoms with E-state index in [1.165, 1.54) is 5.56 Å². The molecule has 0 aliphatic carbocycles. The molecule has 2 heterocycles. The molecule has 1 aromatic rings. The Morgan fingerprint density at radius 1 is 1.23 bits per heavy atom. The Balaban J connectivity index is 1.77. The molecule has 0 spiro atoms. The van der Waals surface area contributed by atoms with Crippen LogP contribution in [0.3, 0.4) is 0 Å². The molecule has 0 bridgehead atoms. The summed E-state index contributed by atoms with van der Waals surface area (Å²) < 4.78 is 5.29. The van der Waals surface area contributed by atoms with Gasteiger partial charge in [0.1, 0.15) is 0 Å². The monoisotopic (exact) mass is 305 g/mol. The van der Waals surface area contributed by atoms with Crippen LogP contribution in [-0.4, -0.2) is 66.1 Å². The summed E-state index contributed by atoms with van der Waals surface area (Å²) in [5.41, 5.74) is 1.20. The summed E-state index contributed by atoms with van der Waals surface area (Å²) in [6.45, 7) is 8.54. The van der Waals surface area contributed by atoms with Crippen molar-refractivity contribution in [2.45, 2.75) is 32.2 Å². The second kappa shape index (κ2) is 7.70. The van der Waals surface area contributed by atoms with Gasteiger partial charge in [-0.25, -0.2) is 0 Å². The number of nitrogens with zero attached hydrogens (tertiary/aromatic N) is 3. The van der Waals surface area contributed by atoms with Gasteiger partial charge in [0.15, 0.2) is 0 Å². The number of methoxy groups -OCH3 is 1. The van der Waals surface area contributed by atoms with E-state index in [0.717, 1.165) is 32.6 Å². The first-order chi connectivity index (χ1) is 10.5. The molecule has 0 radical (unpaired) electrons. The van der Waals surface area contributed by atoms with Crippen molar-refractivity contribution in [2.24, 2.45) is 0 Å². The molecular formula is C17H27N3O2. The van der Waals surface area contributed by atoms with E-state index < -0.39 is 0 Å². The fourth-order valence-electron chi connectivity index (χ4n) is 2.96. The van der Waals surface area contributed by atoms with E-state index in [0.29, 0.717) is 13.0 Å². The molecule has 1 aliphatic heterocycles. The summed E-state index contributed by atoms with van der Waals surface area (Å²) in [5.74, 6) is 0.251. The van der Waals surface area contributed by atoms with Crippen LogP contribution < -0.4 is 0 Å². The van der Waals surface area contributed by atoms with Crippen molar-refractivity contribution in [3.63, 3.8) is 0 Å². The molecule has 5 nitrogen and oxygen atoms in total. The Hall–Kier alpha value is -1.46. The van der Waals surface area contributed by atoms with Gasteiger partial charge in [-0.2, -0.15) is 0 Å². The van der Waals surface area contributed by atoms with Gasteiger partial charge in [-0.15, -0.1) is 0 Å². The van der Waals surface area contributed by atoms with Crippen LogP contribution in [0.4, 0.5) is 0 Å². The van der Waals surface area contributed by atoms with Crippen LogP contribution in [0.1, 0.15) is 25.8 Å². The number of carbonyl (C=O) groups excluding carboxylic acids is 1. The van der Waals surface area contributed by atoms with Crippen LogP contribution in [0.2, 0.25) is 0 Å². The molecule has 0 unspecified atom stereocenters. The molecule has 1 aliphatic rings. The molecule has 1 saturated heterocycles. The summed E-state index contributed by atoms with van der Waals surface area (Å²) in [4.78, 5) is 20.7. The van der Waals surface area contributed by atoms with Gasteiger partial charge in [0.05, 0.1) is 6.61 Å². The van der Waals surface area contributed by atoms with Crippen molar-refractivity contribution in [2.75, 3.05) is 39.9 Å². The number of carbonyl (C=O) groups is 1. The summed E-state index contributed by atoms with van der Waals surface area (Å²) in [6.07, 6.45) is 4.91. The smallest absolute Gasteiger partial charge is 0.222 e. The van der Waals surface area contributed by atoms with Gasteiger partial charge in [0.2, 0.25) is 5.91 Å². The van der Waals surface area contributed by atoms with E-state index in [9.17, 15) is 4.79 Å². The summed E-state index contributed by atoms with van der Waals surface area (Å²) in [5, 5.41) is 0. The zero-order valence-corrected chi connectivity index (χ0v) is 13.9. The maximum absolute atomic E-state index is 12.3. The molecule has 1 aromatic heterocycles. The third-order valence-corrected chi connectivity index (χ3v) is 4.36. The third kappa shape index (κ3) is 4.52. The number of pyridine rings is 1. The van der Waals surface area contributed by atoms with Crippen LogP contribution in [0.15, 0.2) is 24.5 Å². The molecule has 1 amide bonds. The molecule has 0 saturated carbocycles. The number of ether oxygens (including phenoxy) is 1. The second-order valence-corrected chi connectivity index (χ2v) is 6.47. The van der Waals surface area contributed by atoms with E-state index in [1.807, 2.05) is 17.0 Å². The molecular weight excluding hydrogens is 278 g/mol. The first-order valence-corrected chi connectivity index (χ1v) is 7.93. The number of aryl methyl sites for hydroxylation is 1. The van der Waals surface area contributed by atoms with Gasteiger partial charge in [0.25, 0.3) is 0 Å². The van der Waals surface area contributed by atoms with Gasteiger partial charge in [-0.1, -0.05) is 0 Å². The normalized spacial score (nSPS) is 16.8. The Labute approximate surface area is 133 Å². The molecule has 0 N–H and O–H groups in total. The Morgan fingerprint density at radius 2 is 1.86 bits per heavy atom. The molecule has 0 aromatic carbocycles. The fourth-order valence-corrected chi connectivity index (χ4v) is 2.96. The number of rotatable bonds is 6. The van der Waals surface area contributed by atoms with Crippen molar-refractivity contribution in [3.8, 4) is 0 Å². The molecule has 122 valence electrons. The molecule has 2 rings (SSSR count). The zero-order chi connectivity index (χ0) is 16.0. The van der Waals surface area contributed by atoms with Crippen molar-refractivity contribution in [1.82, 2.24) is 14.8 Å². The lowest BCUT2D eigenvalue weighted by molar-refractivity contribution is -0.134. The average molecular weight is 305 g/mol. The topological polar surface area (TPSA) is 45.7 Å². The fraction of sp³-hybridized carbons (Fsp3) is 0.647. The molecule has 5 heteroatoms. The molecule has 1 fully saturated rings. The number of aromatic nitrogens is 1. The van der Waals surface area contributed by atoms with Crippen molar-refractivity contribution in [3.05, 3.63) is 30.1 Å². The summed E-state index contributed by atoms with van der Waals surface area (Å²) >= 11 is 0. The SMILES string of the molecule is COCC(C)(C)N1CCN(C(=O)CCc2ccncc2)CC1. The maximum atomic E-state index is 12.3. The Bertz CT molecular complexity index is 468. The standard InChI is InChI=1S/C17H27N3O2/c1-17(2,14-22-3)20-12-10-19(11-13-20)16(21)5-4-15-6-8-18-9-7-15/h6-9H,4-5,10-14H2,1-3H3. The van der Waals surface area contributed by atoms with E-state index in [1.54, 1.807) is 19.5 Å². The first-order valence-electron chi connectivity index (χ1n) is 7.93. The van der Waals surface area contributed by atoms with Gasteiger partial charge in [-0.3, -0.25) is 14.7 Å². The lowest BCUT2D eigenvalue weighted by Gasteiger charge is -2.43. The average Bonchev–Trinajstić information content (AvgIpc) is 2.54. The van der Waals surface area contributed by atoms with E-state index >= 15 is 0 Å². The lowest BCUT2D eigenvalue weighted by atomic mass is 10.0. The van der Waals surface area contributed by atoms with E-state index in [-0.39, 0.29) is 11.4 Å². The molecule has 0 atom stereocenters. The highest BCUT2D eigenvalue weighted by molar-refractivity contribution is 5.76. The van der Waals surface area contributed by atoms with Gasteiger partial charge >= 0.3 is 0 Å². The van der Waals surface area contributed by atoms with Gasteiger partial charge in [-0.05, 0) is 38.0 Å². The highest BCUT2D eigenvalue weighted by Crippen LogP contribution is 2.18. The number of hydrogen-bond acceptors (Lipinski definition) is 4. The minimum atomic E-state index is 0.0287. The summed E-state index contributed by atoms with van der Waals surface area (Å²) in [6, 6.07) is 3.94. The van der Waals surface area contributed by atoms with Crippen LogP contribution in [0, 0.1) is 0 Å². The van der Waals surface area contributed by atoms with E-state index in [2.05, 4.69) is 23.7 Å². The number of piperazine rings is 1. The Morgan fingerprint density at radius 3 is 2.45 bits per heavy atom. The Kier molecular flexibility index (Phi) is 5.91. The minimum Gasteiger partial charge on any atom is -0.383 e. The van der Waals surface area contributed by atoms with Crippen LogP contribution in [0.5, 0.6) is 0 Å². The molecule has 22 heavy (non-hydrogen) atoms. The highest BCUT2D eigenvalue weighted by Gasteiger charge is 2.30. The van der Waals surface area contributed by atoms with Gasteiger partial charge < -0.3 is 9.64 Å².